The first kappa shape index (κ1) is 22.4. The molecule has 30 heavy (non-hydrogen) atoms. The molecule has 166 valence electrons. The predicted molar refractivity (Wildman–Crippen MR) is 95.7 cm³/mol. The molecule has 0 radical (unpaired) electrons. The number of ether oxygens (including phenoxy) is 1. The summed E-state index contributed by atoms with van der Waals surface area (Å²) < 4.78 is 27.6. The van der Waals surface area contributed by atoms with Crippen LogP contribution in [-0.2, 0) is 23.2 Å². The van der Waals surface area contributed by atoms with E-state index in [2.05, 4.69) is 24.1 Å². The molecule has 6 unspecified atom stereocenters. The van der Waals surface area contributed by atoms with Gasteiger partial charge in [0.15, 0.2) is 17.7 Å². The molecule has 1 aliphatic rings. The second-order valence-corrected chi connectivity index (χ2v) is 7.62. The average Bonchev–Trinajstić information content (AvgIpc) is 3.27. The van der Waals surface area contributed by atoms with Crippen molar-refractivity contribution in [2.75, 3.05) is 18.9 Å². The maximum Gasteiger partial charge on any atom is 0.493 e. The third-order valence-electron chi connectivity index (χ3n) is 4.20. The number of hydrogen-bond donors (Lipinski definition) is 7. The fourth-order valence-corrected chi connectivity index (χ4v) is 3.20. The first-order chi connectivity index (χ1) is 14.1. The Labute approximate surface area is 168 Å². The normalized spacial score (nSPS) is 27.1. The third-order valence-corrected chi connectivity index (χ3v) is 4.99. The Balaban J connectivity index is 1.63. The fourth-order valence-electron chi connectivity index (χ4n) is 2.61. The number of fused-ring (bicyclic) bond motifs is 1. The van der Waals surface area contributed by atoms with Gasteiger partial charge in [0.1, 0.15) is 36.2 Å². The smallest absolute Gasteiger partial charge is 0.394 e. The molecule has 3 heterocycles. The van der Waals surface area contributed by atoms with E-state index in [0.29, 0.717) is 0 Å². The van der Waals surface area contributed by atoms with Crippen LogP contribution >= 0.6 is 7.82 Å². The van der Waals surface area contributed by atoms with E-state index in [9.17, 15) is 24.5 Å². The number of carbonyl (C=O) groups excluding carboxylic acids is 1. The molecule has 2 aromatic heterocycles. The Morgan fingerprint density at radius 1 is 1.37 bits per heavy atom. The van der Waals surface area contributed by atoms with Crippen molar-refractivity contribution in [1.82, 2.24) is 25.0 Å². The molecule has 0 aliphatic carbocycles. The van der Waals surface area contributed by atoms with E-state index in [0.717, 1.165) is 0 Å². The van der Waals surface area contributed by atoms with Gasteiger partial charge in [0, 0.05) is 0 Å². The number of nitrogens with two attached hydrogens (primary N) is 2. The molecule has 0 bridgehead atoms. The van der Waals surface area contributed by atoms with E-state index in [1.807, 2.05) is 0 Å². The zero-order chi connectivity index (χ0) is 22.1. The summed E-state index contributed by atoms with van der Waals surface area (Å²) in [5.74, 6) is -0.954. The van der Waals surface area contributed by atoms with Crippen molar-refractivity contribution in [3.63, 3.8) is 0 Å². The number of aromatic nitrogens is 4. The number of amides is 1. The maximum atomic E-state index is 11.8. The molecule has 1 fully saturated rings. The number of nitrogens with zero attached hydrogens (tertiary/aromatic N) is 4. The molecule has 3 rings (SSSR count). The molecule has 6 atom stereocenters. The minimum absolute atomic E-state index is 0.105. The second kappa shape index (κ2) is 8.84. The van der Waals surface area contributed by atoms with E-state index in [1.165, 1.54) is 17.2 Å². The second-order valence-electron chi connectivity index (χ2n) is 6.24. The van der Waals surface area contributed by atoms with E-state index in [1.54, 1.807) is 5.48 Å². The van der Waals surface area contributed by atoms with Gasteiger partial charge >= 0.3 is 7.82 Å². The number of hydroxylamine groups is 1. The number of nitrogen functional groups attached to an aromatic ring is 1. The molecular weight excluding hydrogens is 429 g/mol. The van der Waals surface area contributed by atoms with Gasteiger partial charge in [-0.3, -0.25) is 13.9 Å². The number of carbonyl (C=O) groups is 1. The first-order valence-corrected chi connectivity index (χ1v) is 9.91. The van der Waals surface area contributed by atoms with Crippen LogP contribution in [-0.4, -0.2) is 83.2 Å². The van der Waals surface area contributed by atoms with Gasteiger partial charge in [-0.15, -0.1) is 0 Å². The molecule has 1 saturated heterocycles. The Hall–Kier alpha value is -2.27. The van der Waals surface area contributed by atoms with Crippen molar-refractivity contribution < 1.29 is 43.5 Å². The number of imidazole rings is 1. The molecule has 2 aromatic rings. The molecule has 0 aromatic carbocycles. The van der Waals surface area contributed by atoms with Crippen molar-refractivity contribution in [1.29, 1.82) is 0 Å². The van der Waals surface area contributed by atoms with Crippen LogP contribution in [0, 0.1) is 0 Å². The van der Waals surface area contributed by atoms with Crippen LogP contribution < -0.4 is 16.9 Å². The van der Waals surface area contributed by atoms with Gasteiger partial charge < -0.3 is 36.4 Å². The van der Waals surface area contributed by atoms with Gasteiger partial charge in [-0.2, -0.15) is 4.62 Å². The molecule has 17 heteroatoms. The van der Waals surface area contributed by atoms with Gasteiger partial charge in [-0.1, -0.05) is 0 Å². The van der Waals surface area contributed by atoms with E-state index >= 15 is 0 Å². The van der Waals surface area contributed by atoms with Crippen molar-refractivity contribution in [3.8, 4) is 0 Å². The van der Waals surface area contributed by atoms with Gasteiger partial charge in [-0.05, 0) is 0 Å². The zero-order valence-electron chi connectivity index (χ0n) is 15.2. The number of aliphatic hydroxyl groups excluding tert-OH is 3. The van der Waals surface area contributed by atoms with Crippen molar-refractivity contribution in [3.05, 3.63) is 12.7 Å². The number of nitrogens with one attached hydrogen (secondary N) is 1. The Morgan fingerprint density at radius 2 is 2.10 bits per heavy atom. The highest BCUT2D eigenvalue weighted by Crippen LogP contribution is 2.43. The summed E-state index contributed by atoms with van der Waals surface area (Å²) in [5.41, 5.74) is 13.0. The molecular formula is C13H20N7O9P. The van der Waals surface area contributed by atoms with E-state index < -0.39 is 57.5 Å². The summed E-state index contributed by atoms with van der Waals surface area (Å²) in [6, 6.07) is -1.37. The van der Waals surface area contributed by atoms with Crippen LogP contribution in [0.15, 0.2) is 12.7 Å². The summed E-state index contributed by atoms with van der Waals surface area (Å²) >= 11 is 0. The number of hydrogen-bond acceptors (Lipinski definition) is 13. The van der Waals surface area contributed by atoms with Crippen LogP contribution in [0.5, 0.6) is 0 Å². The topological polar surface area (TPSA) is 250 Å². The highest BCUT2D eigenvalue weighted by Gasteiger charge is 2.45. The lowest BCUT2D eigenvalue weighted by atomic mass is 10.1. The Morgan fingerprint density at radius 3 is 2.80 bits per heavy atom. The summed E-state index contributed by atoms with van der Waals surface area (Å²) in [7, 11) is -4.82. The lowest BCUT2D eigenvalue weighted by molar-refractivity contribution is -0.131. The SMILES string of the molecule is Nc1ncnc2c1ncn2C1OC(COP(=O)(O)ONC(=O)C(N)CO)C(O)C1O. The largest absolute Gasteiger partial charge is 0.493 e. The molecule has 9 N–H and O–H groups in total. The van der Waals surface area contributed by atoms with Crippen molar-refractivity contribution in [2.24, 2.45) is 5.73 Å². The molecule has 0 spiro atoms. The Bertz CT molecular complexity index is 958. The number of phosphoric acid groups is 1. The number of anilines is 1. The Kier molecular flexibility index (Phi) is 6.61. The highest BCUT2D eigenvalue weighted by molar-refractivity contribution is 7.47. The number of rotatable bonds is 8. The minimum Gasteiger partial charge on any atom is -0.394 e. The third kappa shape index (κ3) is 4.56. The van der Waals surface area contributed by atoms with Crippen molar-refractivity contribution >= 4 is 30.7 Å². The van der Waals surface area contributed by atoms with Gasteiger partial charge in [-0.25, -0.2) is 25.0 Å². The average molecular weight is 449 g/mol. The predicted octanol–water partition coefficient (Wildman–Crippen LogP) is -3.49. The number of aliphatic hydroxyl groups is 3. The molecule has 16 nitrogen and oxygen atoms in total. The highest BCUT2D eigenvalue weighted by atomic mass is 31.2. The minimum atomic E-state index is -4.82. The quantitative estimate of drug-likeness (QED) is 0.153. The van der Waals surface area contributed by atoms with Gasteiger partial charge in [0.05, 0.1) is 19.5 Å². The molecule has 1 amide bonds. The summed E-state index contributed by atoms with van der Waals surface area (Å²) in [6.45, 7) is -1.40. The van der Waals surface area contributed by atoms with Gasteiger partial charge in [0.25, 0.3) is 5.91 Å². The molecule has 0 saturated carbocycles. The van der Waals surface area contributed by atoms with Gasteiger partial charge in [0.2, 0.25) is 0 Å². The standard InChI is InChI=1S/C13H20N7O9P/c14-5(1-21)12(24)19-29-30(25,26)27-2-6-8(22)9(23)13(28-6)20-4-18-7-10(15)16-3-17-11(7)20/h3-6,8-9,13,21-23H,1-2,14H2,(H,19,24)(H,25,26)(H2,15,16,17). The van der Waals surface area contributed by atoms with Crippen molar-refractivity contribution in [2.45, 2.75) is 30.6 Å². The lowest BCUT2D eigenvalue weighted by Gasteiger charge is -2.18. The maximum absolute atomic E-state index is 11.8. The van der Waals surface area contributed by atoms with E-state index in [-0.39, 0.29) is 17.0 Å². The first-order valence-electron chi connectivity index (χ1n) is 8.41. The van der Waals surface area contributed by atoms with Crippen LogP contribution in [0.25, 0.3) is 11.2 Å². The van der Waals surface area contributed by atoms with Crippen LogP contribution in [0.1, 0.15) is 6.23 Å². The summed E-state index contributed by atoms with van der Waals surface area (Å²) in [4.78, 5) is 32.8. The monoisotopic (exact) mass is 449 g/mol. The fraction of sp³-hybridized carbons (Fsp3) is 0.538. The van der Waals surface area contributed by atoms with Crippen LogP contribution in [0.3, 0.4) is 0 Å². The zero-order valence-corrected chi connectivity index (χ0v) is 16.1. The van der Waals surface area contributed by atoms with Crippen LogP contribution in [0.2, 0.25) is 0 Å². The number of phosphoric ester groups is 1. The lowest BCUT2D eigenvalue weighted by Crippen LogP contribution is -2.42. The van der Waals surface area contributed by atoms with Crippen LogP contribution in [0.4, 0.5) is 5.82 Å². The van der Waals surface area contributed by atoms with E-state index in [4.69, 9.17) is 21.3 Å². The molecule has 1 aliphatic heterocycles. The summed E-state index contributed by atoms with van der Waals surface area (Å²) in [6.07, 6.45) is -2.92. The summed E-state index contributed by atoms with van der Waals surface area (Å²) in [5, 5.41) is 29.2.